The van der Waals surface area contributed by atoms with Gasteiger partial charge in [-0.15, -0.1) is 0 Å². The van der Waals surface area contributed by atoms with Crippen molar-refractivity contribution in [3.8, 4) is 0 Å². The molecule has 0 N–H and O–H groups in total. The zero-order chi connectivity index (χ0) is 18.4. The first-order valence-electron chi connectivity index (χ1n) is 9.53. The van der Waals surface area contributed by atoms with E-state index in [9.17, 15) is 9.59 Å². The quantitative estimate of drug-likeness (QED) is 0.764. The molecular weight excluding hydrogens is 344 g/mol. The summed E-state index contributed by atoms with van der Waals surface area (Å²) in [5.41, 5.74) is 0.682. The Morgan fingerprint density at radius 2 is 1.63 bits per heavy atom. The summed E-state index contributed by atoms with van der Waals surface area (Å²) < 4.78 is 11.5. The molecule has 0 saturated carbocycles. The van der Waals surface area contributed by atoms with Crippen molar-refractivity contribution >= 4 is 28.3 Å². The average molecular weight is 366 g/mol. The monoisotopic (exact) mass is 366 g/mol. The van der Waals surface area contributed by atoms with Gasteiger partial charge in [-0.05, 0) is 11.5 Å². The standard InChI is InChI=1S/C21H22N2O4/c24-19-14-18(22-10-8-21(9-11-22)26-12-13-27-21)20(25)23(19)17-7-3-5-15-4-1-2-6-16(15)17/h1-7,18H,8-14H2. The van der Waals surface area contributed by atoms with E-state index in [0.717, 1.165) is 23.6 Å². The lowest BCUT2D eigenvalue weighted by atomic mass is 10.0. The highest BCUT2D eigenvalue weighted by atomic mass is 16.7. The Kier molecular flexibility index (Phi) is 4.00. The van der Waals surface area contributed by atoms with Crippen LogP contribution < -0.4 is 4.90 Å². The summed E-state index contributed by atoms with van der Waals surface area (Å²) >= 11 is 0. The van der Waals surface area contributed by atoms with Crippen LogP contribution in [0.3, 0.4) is 0 Å². The van der Waals surface area contributed by atoms with Gasteiger partial charge in [0.05, 0.1) is 31.4 Å². The zero-order valence-corrected chi connectivity index (χ0v) is 15.1. The maximum atomic E-state index is 13.2. The number of ether oxygens (including phenoxy) is 2. The Morgan fingerprint density at radius 1 is 0.926 bits per heavy atom. The van der Waals surface area contributed by atoms with Crippen molar-refractivity contribution in [2.45, 2.75) is 31.1 Å². The minimum Gasteiger partial charge on any atom is -0.347 e. The number of amides is 2. The topological polar surface area (TPSA) is 59.1 Å². The van der Waals surface area contributed by atoms with E-state index in [2.05, 4.69) is 4.90 Å². The smallest absolute Gasteiger partial charge is 0.251 e. The lowest BCUT2D eigenvalue weighted by molar-refractivity contribution is -0.188. The van der Waals surface area contributed by atoms with E-state index in [0.29, 0.717) is 32.0 Å². The van der Waals surface area contributed by atoms with Crippen molar-refractivity contribution in [2.75, 3.05) is 31.2 Å². The normalized spacial score (nSPS) is 25.8. The lowest BCUT2D eigenvalue weighted by Gasteiger charge is -2.39. The number of likely N-dealkylation sites (tertiary alicyclic amines) is 1. The fourth-order valence-corrected chi connectivity index (χ4v) is 4.52. The molecule has 0 aromatic heterocycles. The van der Waals surface area contributed by atoms with Crippen molar-refractivity contribution in [1.82, 2.24) is 4.90 Å². The predicted octanol–water partition coefficient (Wildman–Crippen LogP) is 2.31. The Morgan fingerprint density at radius 3 is 2.41 bits per heavy atom. The number of hydrogen-bond donors (Lipinski definition) is 0. The van der Waals surface area contributed by atoms with E-state index >= 15 is 0 Å². The third-order valence-corrected chi connectivity index (χ3v) is 5.94. The van der Waals surface area contributed by atoms with Gasteiger partial charge in [-0.3, -0.25) is 14.5 Å². The molecule has 3 fully saturated rings. The third kappa shape index (κ3) is 2.76. The Bertz CT molecular complexity index is 891. The molecule has 1 atom stereocenters. The van der Waals surface area contributed by atoms with E-state index in [4.69, 9.17) is 9.47 Å². The number of nitrogens with zero attached hydrogens (tertiary/aromatic N) is 2. The summed E-state index contributed by atoms with van der Waals surface area (Å²) in [5.74, 6) is -0.729. The minimum absolute atomic E-state index is 0.124. The first kappa shape index (κ1) is 16.9. The van der Waals surface area contributed by atoms with Gasteiger partial charge in [0, 0.05) is 31.3 Å². The Hall–Kier alpha value is -2.28. The number of anilines is 1. The van der Waals surface area contributed by atoms with Gasteiger partial charge in [-0.2, -0.15) is 0 Å². The number of piperidine rings is 1. The first-order chi connectivity index (χ1) is 13.2. The minimum atomic E-state index is -0.475. The van der Waals surface area contributed by atoms with Gasteiger partial charge < -0.3 is 9.47 Å². The van der Waals surface area contributed by atoms with E-state index in [1.165, 1.54) is 4.90 Å². The van der Waals surface area contributed by atoms with Crippen LogP contribution in [0.2, 0.25) is 0 Å². The molecule has 0 aliphatic carbocycles. The highest BCUT2D eigenvalue weighted by Crippen LogP contribution is 2.36. The SMILES string of the molecule is O=C1CC(N2CCC3(CC2)OCCO3)C(=O)N1c1cccc2ccccc12. The van der Waals surface area contributed by atoms with E-state index in [1.807, 2.05) is 42.5 Å². The van der Waals surface area contributed by atoms with Gasteiger partial charge in [0.1, 0.15) is 0 Å². The van der Waals surface area contributed by atoms with Crippen molar-refractivity contribution in [2.24, 2.45) is 0 Å². The number of fused-ring (bicyclic) bond motifs is 1. The largest absolute Gasteiger partial charge is 0.347 e. The Labute approximate surface area is 157 Å². The van der Waals surface area contributed by atoms with Gasteiger partial charge in [-0.1, -0.05) is 36.4 Å². The van der Waals surface area contributed by atoms with Gasteiger partial charge >= 0.3 is 0 Å². The highest BCUT2D eigenvalue weighted by molar-refractivity contribution is 6.25. The predicted molar refractivity (Wildman–Crippen MR) is 100 cm³/mol. The molecule has 0 bridgehead atoms. The molecule has 0 radical (unpaired) electrons. The number of hydrogen-bond acceptors (Lipinski definition) is 5. The molecule has 5 rings (SSSR count). The second-order valence-electron chi connectivity index (χ2n) is 7.43. The fraction of sp³-hybridized carbons (Fsp3) is 0.429. The van der Waals surface area contributed by atoms with Gasteiger partial charge in [-0.25, -0.2) is 4.90 Å². The second-order valence-corrected chi connectivity index (χ2v) is 7.43. The maximum Gasteiger partial charge on any atom is 0.251 e. The van der Waals surface area contributed by atoms with Crippen molar-refractivity contribution in [3.63, 3.8) is 0 Å². The van der Waals surface area contributed by atoms with Crippen LogP contribution in [0.5, 0.6) is 0 Å². The molecule has 6 heteroatoms. The summed E-state index contributed by atoms with van der Waals surface area (Å²) in [6, 6.07) is 13.2. The molecule has 2 aromatic rings. The molecule has 2 amide bonds. The summed E-state index contributed by atoms with van der Waals surface area (Å²) in [7, 11) is 0. The van der Waals surface area contributed by atoms with Crippen LogP contribution in [0.15, 0.2) is 42.5 Å². The summed E-state index contributed by atoms with van der Waals surface area (Å²) in [6.45, 7) is 2.67. The van der Waals surface area contributed by atoms with E-state index < -0.39 is 11.8 Å². The van der Waals surface area contributed by atoms with Crippen molar-refractivity contribution < 1.29 is 19.1 Å². The summed E-state index contributed by atoms with van der Waals surface area (Å²) in [6.07, 6.45) is 1.70. The number of rotatable bonds is 2. The number of carbonyl (C=O) groups is 2. The number of carbonyl (C=O) groups excluding carboxylic acids is 2. The van der Waals surface area contributed by atoms with Crippen LogP contribution in [-0.4, -0.2) is 54.8 Å². The Balaban J connectivity index is 1.39. The van der Waals surface area contributed by atoms with Crippen LogP contribution in [0.25, 0.3) is 10.8 Å². The maximum absolute atomic E-state index is 13.2. The molecule has 1 spiro atoms. The molecule has 3 heterocycles. The molecule has 3 saturated heterocycles. The van der Waals surface area contributed by atoms with Crippen LogP contribution in [0.1, 0.15) is 19.3 Å². The molecule has 140 valence electrons. The van der Waals surface area contributed by atoms with Crippen LogP contribution >= 0.6 is 0 Å². The molecule has 3 aliphatic heterocycles. The number of benzene rings is 2. The van der Waals surface area contributed by atoms with E-state index in [1.54, 1.807) is 0 Å². The third-order valence-electron chi connectivity index (χ3n) is 5.94. The molecule has 6 nitrogen and oxygen atoms in total. The fourth-order valence-electron chi connectivity index (χ4n) is 4.52. The molecule has 1 unspecified atom stereocenters. The van der Waals surface area contributed by atoms with Gasteiger partial charge in [0.2, 0.25) is 5.91 Å². The van der Waals surface area contributed by atoms with Gasteiger partial charge in [0.25, 0.3) is 5.91 Å². The second kappa shape index (κ2) is 6.41. The van der Waals surface area contributed by atoms with Crippen LogP contribution in [0, 0.1) is 0 Å². The van der Waals surface area contributed by atoms with Crippen molar-refractivity contribution in [1.29, 1.82) is 0 Å². The molecule has 27 heavy (non-hydrogen) atoms. The molecule has 3 aliphatic rings. The van der Waals surface area contributed by atoms with Gasteiger partial charge in [0.15, 0.2) is 5.79 Å². The zero-order valence-electron chi connectivity index (χ0n) is 15.1. The molecule has 2 aromatic carbocycles. The number of imide groups is 1. The lowest BCUT2D eigenvalue weighted by Crippen LogP contribution is -2.51. The first-order valence-corrected chi connectivity index (χ1v) is 9.53. The van der Waals surface area contributed by atoms with Crippen LogP contribution in [-0.2, 0) is 19.1 Å². The highest BCUT2D eigenvalue weighted by Gasteiger charge is 2.47. The molecular formula is C21H22N2O4. The summed E-state index contributed by atoms with van der Waals surface area (Å²) in [4.78, 5) is 29.4. The summed E-state index contributed by atoms with van der Waals surface area (Å²) in [5, 5.41) is 1.95. The average Bonchev–Trinajstić information content (AvgIpc) is 3.27. The van der Waals surface area contributed by atoms with Crippen molar-refractivity contribution in [3.05, 3.63) is 42.5 Å². The van der Waals surface area contributed by atoms with E-state index in [-0.39, 0.29) is 18.2 Å². The van der Waals surface area contributed by atoms with Crippen LogP contribution in [0.4, 0.5) is 5.69 Å².